The lowest BCUT2D eigenvalue weighted by Gasteiger charge is -2.34. The predicted molar refractivity (Wildman–Crippen MR) is 171 cm³/mol. The molecule has 0 radical (unpaired) electrons. The first kappa shape index (κ1) is 36.6. The third kappa shape index (κ3) is 12.1. The Labute approximate surface area is 273 Å². The average Bonchev–Trinajstić information content (AvgIpc) is 3.37. The number of fused-ring (bicyclic) bond motifs is 3. The van der Waals surface area contributed by atoms with Gasteiger partial charge in [0.25, 0.3) is 0 Å². The molecule has 3 rings (SSSR count). The average molecular weight is 654 g/mol. The first-order valence-corrected chi connectivity index (χ1v) is 15.5. The van der Waals surface area contributed by atoms with Crippen molar-refractivity contribution in [1.29, 1.82) is 0 Å². The van der Waals surface area contributed by atoms with Gasteiger partial charge in [-0.3, -0.25) is 19.2 Å². The van der Waals surface area contributed by atoms with E-state index < -0.39 is 23.4 Å². The Bertz CT molecular complexity index is 1310. The summed E-state index contributed by atoms with van der Waals surface area (Å²) >= 11 is 0. The van der Waals surface area contributed by atoms with Crippen LogP contribution in [0.15, 0.2) is 48.5 Å². The fraction of sp³-hybridized carbons (Fsp3) is 0.455. The van der Waals surface area contributed by atoms with Crippen LogP contribution in [-0.2, 0) is 38.2 Å². The van der Waals surface area contributed by atoms with Crippen LogP contribution in [0.25, 0.3) is 11.1 Å². The van der Waals surface area contributed by atoms with Crippen LogP contribution in [-0.4, -0.2) is 87.7 Å². The summed E-state index contributed by atoms with van der Waals surface area (Å²) in [6.07, 6.45) is 0.322. The van der Waals surface area contributed by atoms with Crippen molar-refractivity contribution >= 4 is 36.0 Å². The number of rotatable bonds is 22. The van der Waals surface area contributed by atoms with Crippen LogP contribution < -0.4 is 27.4 Å². The second-order valence-corrected chi connectivity index (χ2v) is 11.2. The molecule has 254 valence electrons. The molecular formula is C33H43N5O9. The van der Waals surface area contributed by atoms with E-state index >= 15 is 0 Å². The van der Waals surface area contributed by atoms with Gasteiger partial charge in [0.2, 0.25) is 23.6 Å². The molecule has 0 heterocycles. The van der Waals surface area contributed by atoms with Gasteiger partial charge in [-0.05, 0) is 41.5 Å². The van der Waals surface area contributed by atoms with Crippen molar-refractivity contribution in [3.8, 4) is 11.1 Å². The van der Waals surface area contributed by atoms with E-state index in [0.717, 1.165) is 22.3 Å². The number of nitrogens with two attached hydrogens (primary N) is 2. The third-order valence-electron chi connectivity index (χ3n) is 7.74. The number of nitrogens with one attached hydrogen (secondary N) is 3. The standard InChI is InChI=1S/C33H43N5O9/c34-28(40)21-45-18-15-36-30(42)10-13-33(12-5-17-39,14-11-31(43)37-16-19-46-22-29(35)41)38-32(44)47-20-27-25-8-3-1-6-23(25)24-7-2-4-9-26(24)27/h1-4,6-9,17,27H,5,10-16,18-22H2,(H2,34,40)(H2,35,41)(H,36,42)(H,37,43)(H,38,44). The zero-order valence-electron chi connectivity index (χ0n) is 26.3. The minimum Gasteiger partial charge on any atom is -0.449 e. The normalized spacial score (nSPS) is 12.0. The Kier molecular flexibility index (Phi) is 14.8. The van der Waals surface area contributed by atoms with Gasteiger partial charge in [0.15, 0.2) is 0 Å². The van der Waals surface area contributed by atoms with Crippen LogP contribution in [0.1, 0.15) is 55.6 Å². The van der Waals surface area contributed by atoms with Crippen molar-refractivity contribution in [2.75, 3.05) is 46.1 Å². The number of hydrogen-bond acceptors (Lipinski definition) is 9. The summed E-state index contributed by atoms with van der Waals surface area (Å²) in [7, 11) is 0. The van der Waals surface area contributed by atoms with E-state index in [1.165, 1.54) is 0 Å². The van der Waals surface area contributed by atoms with E-state index in [0.29, 0.717) is 6.29 Å². The van der Waals surface area contributed by atoms with Gasteiger partial charge in [0.1, 0.15) is 26.1 Å². The molecule has 0 unspecified atom stereocenters. The molecule has 0 aliphatic heterocycles. The number of amides is 5. The minimum atomic E-state index is -1.14. The molecule has 0 saturated carbocycles. The number of ether oxygens (including phenoxy) is 3. The number of aldehydes is 1. The molecule has 47 heavy (non-hydrogen) atoms. The molecule has 2 aromatic rings. The van der Waals surface area contributed by atoms with Crippen molar-refractivity contribution in [3.05, 3.63) is 59.7 Å². The Balaban J connectivity index is 1.67. The second-order valence-electron chi connectivity index (χ2n) is 11.2. The smallest absolute Gasteiger partial charge is 0.407 e. The zero-order valence-corrected chi connectivity index (χ0v) is 26.3. The maximum atomic E-state index is 13.4. The van der Waals surface area contributed by atoms with Gasteiger partial charge >= 0.3 is 6.09 Å². The van der Waals surface area contributed by atoms with Gasteiger partial charge in [0.05, 0.1) is 13.2 Å². The van der Waals surface area contributed by atoms with Crippen molar-refractivity contribution < 1.29 is 43.0 Å². The van der Waals surface area contributed by atoms with E-state index in [1.807, 2.05) is 48.5 Å². The first-order valence-electron chi connectivity index (χ1n) is 15.5. The molecule has 2 aromatic carbocycles. The topological polar surface area (TPSA) is 218 Å². The lowest BCUT2D eigenvalue weighted by atomic mass is 9.83. The molecule has 0 fully saturated rings. The second kappa shape index (κ2) is 19.0. The molecule has 14 heteroatoms. The maximum absolute atomic E-state index is 13.4. The molecular weight excluding hydrogens is 610 g/mol. The largest absolute Gasteiger partial charge is 0.449 e. The van der Waals surface area contributed by atoms with Crippen molar-refractivity contribution in [2.45, 2.75) is 50.0 Å². The Hall–Kier alpha value is -4.82. The number of hydrogen-bond donors (Lipinski definition) is 5. The summed E-state index contributed by atoms with van der Waals surface area (Å²) in [5, 5.41) is 8.25. The summed E-state index contributed by atoms with van der Waals surface area (Å²) in [6, 6.07) is 15.9. The summed E-state index contributed by atoms with van der Waals surface area (Å²) < 4.78 is 15.9. The lowest BCUT2D eigenvalue weighted by Crippen LogP contribution is -2.50. The van der Waals surface area contributed by atoms with E-state index in [-0.39, 0.29) is 102 Å². The fourth-order valence-electron chi connectivity index (χ4n) is 5.50. The van der Waals surface area contributed by atoms with Crippen molar-refractivity contribution in [3.63, 3.8) is 0 Å². The zero-order chi connectivity index (χ0) is 34.1. The van der Waals surface area contributed by atoms with Crippen LogP contribution >= 0.6 is 0 Å². The first-order chi connectivity index (χ1) is 22.6. The summed E-state index contributed by atoms with van der Waals surface area (Å²) in [6.45, 7) is -0.0666. The minimum absolute atomic E-state index is 0.0408. The van der Waals surface area contributed by atoms with E-state index in [1.54, 1.807) is 0 Å². The van der Waals surface area contributed by atoms with Gasteiger partial charge in [-0.25, -0.2) is 4.79 Å². The molecule has 5 amide bonds. The highest BCUT2D eigenvalue weighted by Gasteiger charge is 2.35. The van der Waals surface area contributed by atoms with E-state index in [2.05, 4.69) is 16.0 Å². The summed E-state index contributed by atoms with van der Waals surface area (Å²) in [5.74, 6) is -2.14. The lowest BCUT2D eigenvalue weighted by molar-refractivity contribution is -0.124. The van der Waals surface area contributed by atoms with Gasteiger partial charge in [-0.1, -0.05) is 48.5 Å². The Morgan fingerprint density at radius 2 is 1.23 bits per heavy atom. The molecule has 0 spiro atoms. The molecule has 14 nitrogen and oxygen atoms in total. The van der Waals surface area contributed by atoms with Gasteiger partial charge in [-0.15, -0.1) is 0 Å². The fourth-order valence-corrected chi connectivity index (χ4v) is 5.50. The number of carbonyl (C=O) groups excluding carboxylic acids is 6. The van der Waals surface area contributed by atoms with Gasteiger partial charge in [-0.2, -0.15) is 0 Å². The van der Waals surface area contributed by atoms with Gasteiger partial charge < -0.3 is 46.4 Å². The summed E-state index contributed by atoms with van der Waals surface area (Å²) in [4.78, 5) is 71.8. The highest BCUT2D eigenvalue weighted by molar-refractivity contribution is 5.80. The number of primary amides is 2. The van der Waals surface area contributed by atoms with Crippen LogP contribution in [0, 0.1) is 0 Å². The predicted octanol–water partition coefficient (Wildman–Crippen LogP) is 1.04. The molecule has 0 aromatic heterocycles. The molecule has 1 aliphatic carbocycles. The number of benzene rings is 2. The monoisotopic (exact) mass is 653 g/mol. The molecule has 0 bridgehead atoms. The molecule has 1 aliphatic rings. The SMILES string of the molecule is NC(=O)COCCNC(=O)CCC(CCC=O)(CCC(=O)NCCOCC(N)=O)NC(=O)OCC1c2ccccc2-c2ccccc21. The van der Waals surface area contributed by atoms with Crippen LogP contribution in [0.2, 0.25) is 0 Å². The third-order valence-corrected chi connectivity index (χ3v) is 7.74. The van der Waals surface area contributed by atoms with E-state index in [9.17, 15) is 28.8 Å². The van der Waals surface area contributed by atoms with Crippen molar-refractivity contribution in [1.82, 2.24) is 16.0 Å². The van der Waals surface area contributed by atoms with Gasteiger partial charge in [0, 0.05) is 43.8 Å². The van der Waals surface area contributed by atoms with E-state index in [4.69, 9.17) is 25.7 Å². The maximum Gasteiger partial charge on any atom is 0.407 e. The Morgan fingerprint density at radius 3 is 1.70 bits per heavy atom. The number of alkyl carbamates (subject to hydrolysis) is 1. The highest BCUT2D eigenvalue weighted by Crippen LogP contribution is 2.44. The van der Waals surface area contributed by atoms with Crippen LogP contribution in [0.4, 0.5) is 4.79 Å². The molecule has 7 N–H and O–H groups in total. The van der Waals surface area contributed by atoms with Crippen LogP contribution in [0.3, 0.4) is 0 Å². The van der Waals surface area contributed by atoms with Crippen molar-refractivity contribution in [2.24, 2.45) is 11.5 Å². The quantitative estimate of drug-likeness (QED) is 0.0904. The molecule has 0 saturated heterocycles. The molecule has 0 atom stereocenters. The number of carbonyl (C=O) groups is 6. The Morgan fingerprint density at radius 1 is 0.745 bits per heavy atom. The van der Waals surface area contributed by atoms with Crippen LogP contribution in [0.5, 0.6) is 0 Å². The summed E-state index contributed by atoms with van der Waals surface area (Å²) in [5.41, 5.74) is 13.2. The highest BCUT2D eigenvalue weighted by atomic mass is 16.5.